The fourth-order valence-electron chi connectivity index (χ4n) is 10.3. The highest BCUT2D eigenvalue weighted by Gasteiger charge is 2.55. The topological polar surface area (TPSA) is 107 Å². The normalized spacial score (nSPS) is 25.8. The van der Waals surface area contributed by atoms with Crippen molar-refractivity contribution in [2.24, 2.45) is 17.8 Å². The summed E-state index contributed by atoms with van der Waals surface area (Å²) in [4.78, 5) is 26.2. The van der Waals surface area contributed by atoms with Crippen molar-refractivity contribution in [1.29, 1.82) is 5.26 Å². The average molecular weight is 764 g/mol. The molecule has 3 saturated carbocycles. The second-order valence-electron chi connectivity index (χ2n) is 16.7. The first-order valence-corrected chi connectivity index (χ1v) is 20.0. The van der Waals surface area contributed by atoms with Gasteiger partial charge in [0.1, 0.15) is 11.1 Å². The highest BCUT2D eigenvalue weighted by molar-refractivity contribution is 6.43. The van der Waals surface area contributed by atoms with E-state index < -0.39 is 11.4 Å². The van der Waals surface area contributed by atoms with Crippen LogP contribution >= 0.6 is 23.2 Å². The number of hydrogen-bond donors (Lipinski definition) is 2. The molecule has 3 aromatic heterocycles. The minimum absolute atomic E-state index is 0.0738. The summed E-state index contributed by atoms with van der Waals surface area (Å²) in [6.45, 7) is 4.30. The third kappa shape index (κ3) is 5.17. The zero-order valence-corrected chi connectivity index (χ0v) is 31.8. The number of fused-ring (bicyclic) bond motifs is 6. The van der Waals surface area contributed by atoms with E-state index >= 15 is 4.39 Å². The lowest BCUT2D eigenvalue weighted by molar-refractivity contribution is -0.137. The number of nitrogens with one attached hydrogen (secondary N) is 1. The third-order valence-corrected chi connectivity index (χ3v) is 13.8. The number of nitrogens with zero attached hydrogens (tertiary/aromatic N) is 5. The lowest BCUT2D eigenvalue weighted by Gasteiger charge is -2.42. The van der Waals surface area contributed by atoms with Gasteiger partial charge in [0.15, 0.2) is 5.82 Å². The molecule has 3 aliphatic heterocycles. The summed E-state index contributed by atoms with van der Waals surface area (Å²) in [5.41, 5.74) is 4.24. The molecule has 11 heteroatoms. The molecule has 0 radical (unpaired) electrons. The van der Waals surface area contributed by atoms with Gasteiger partial charge in [-0.15, -0.1) is 0 Å². The number of aliphatic hydroxyl groups is 1. The molecule has 5 aromatic rings. The van der Waals surface area contributed by atoms with Crippen molar-refractivity contribution in [3.63, 3.8) is 0 Å². The molecule has 11 rings (SSSR count). The van der Waals surface area contributed by atoms with Crippen molar-refractivity contribution in [3.8, 4) is 28.5 Å². The number of piperidine rings is 1. The Balaban J connectivity index is 1.31. The number of aryl methyl sites for hydroxylation is 1. The molecule has 6 aliphatic rings. The average Bonchev–Trinajstić information content (AvgIpc) is 3.58. The Morgan fingerprint density at radius 3 is 2.61 bits per heavy atom. The Hall–Kier alpha value is -4.07. The first-order chi connectivity index (χ1) is 26.0. The van der Waals surface area contributed by atoms with Crippen LogP contribution in [0, 0.1) is 34.9 Å². The SMILES string of the molecule is CC(C)(O)c1ccc(-c2nc3c(F)c(-c4cccc(Cl)c4Cl)c(CCC#N)cc3c3c2cc(C2C4CCC(C4)N2C(=O)C2CC2)n3[C@H]2C3CNC2C3)cn1. The quantitative estimate of drug-likeness (QED) is 0.163. The van der Waals surface area contributed by atoms with Crippen LogP contribution in [-0.2, 0) is 16.8 Å². The first-order valence-electron chi connectivity index (χ1n) is 19.3. The van der Waals surface area contributed by atoms with Crippen LogP contribution in [0.25, 0.3) is 44.2 Å². The molecule has 54 heavy (non-hydrogen) atoms. The molecule has 2 aromatic carbocycles. The summed E-state index contributed by atoms with van der Waals surface area (Å²) in [5.74, 6) is 0.617. The predicted molar refractivity (Wildman–Crippen MR) is 207 cm³/mol. The Bertz CT molecular complexity index is 2420. The van der Waals surface area contributed by atoms with E-state index in [1.165, 1.54) is 0 Å². The summed E-state index contributed by atoms with van der Waals surface area (Å²) in [6.07, 6.45) is 8.31. The standard InChI is InChI=1S/C43H41Cl2FN6O2/c1-43(2,54)33-13-11-24(19-49-33)37-29-18-32(40-23-10-12-26(15-23)51(40)42(53)21-8-9-21)52(39-25-17-31(39)48-20-25)41(29)28-16-22(5-4-14-47)34(36(46)38(28)50-37)27-6-3-7-30(44)35(27)45/h3,6-7,11,13,16,18-19,21,23,25-26,31,39-40,48,54H,4-5,8-10,12,15,17,20H2,1-2H3/t23?,25?,26?,31?,39-,40?/m0/s1. The van der Waals surface area contributed by atoms with Crippen molar-refractivity contribution in [2.75, 3.05) is 6.54 Å². The first kappa shape index (κ1) is 34.4. The number of likely N-dealkylation sites (tertiary alicyclic amines) is 1. The van der Waals surface area contributed by atoms with Gasteiger partial charge >= 0.3 is 0 Å². The molecular formula is C43H41Cl2FN6O2. The summed E-state index contributed by atoms with van der Waals surface area (Å²) in [5, 5.41) is 26.3. The van der Waals surface area contributed by atoms with Gasteiger partial charge in [0.25, 0.3) is 0 Å². The highest BCUT2D eigenvalue weighted by Crippen LogP contribution is 2.56. The van der Waals surface area contributed by atoms with Crippen LogP contribution in [-0.4, -0.2) is 49.1 Å². The Labute approximate surface area is 323 Å². The van der Waals surface area contributed by atoms with E-state index in [0.29, 0.717) is 56.7 Å². The minimum atomic E-state index is -1.14. The van der Waals surface area contributed by atoms with Gasteiger partial charge in [0, 0.05) is 70.3 Å². The molecule has 6 atom stereocenters. The van der Waals surface area contributed by atoms with Crippen molar-refractivity contribution in [3.05, 3.63) is 81.5 Å². The van der Waals surface area contributed by atoms with E-state index in [9.17, 15) is 15.2 Å². The summed E-state index contributed by atoms with van der Waals surface area (Å²) in [7, 11) is 0. The second-order valence-corrected chi connectivity index (χ2v) is 17.5. The largest absolute Gasteiger partial charge is 0.384 e. The zero-order valence-electron chi connectivity index (χ0n) is 30.2. The fourth-order valence-corrected chi connectivity index (χ4v) is 10.7. The molecule has 4 bridgehead atoms. The monoisotopic (exact) mass is 762 g/mol. The zero-order chi connectivity index (χ0) is 37.2. The van der Waals surface area contributed by atoms with E-state index in [1.807, 2.05) is 12.1 Å². The van der Waals surface area contributed by atoms with Crippen molar-refractivity contribution in [2.45, 2.75) is 95.0 Å². The number of aromatic nitrogens is 3. The van der Waals surface area contributed by atoms with E-state index in [1.54, 1.807) is 44.3 Å². The number of carbonyl (C=O) groups is 1. The van der Waals surface area contributed by atoms with Gasteiger partial charge < -0.3 is 19.9 Å². The molecule has 1 amide bonds. The van der Waals surface area contributed by atoms with E-state index in [2.05, 4.69) is 31.9 Å². The minimum Gasteiger partial charge on any atom is -0.384 e. The number of pyridine rings is 2. The lowest BCUT2D eigenvalue weighted by Crippen LogP contribution is -2.44. The van der Waals surface area contributed by atoms with Crippen LogP contribution in [0.15, 0.2) is 48.7 Å². The van der Waals surface area contributed by atoms with Crippen LogP contribution in [0.5, 0.6) is 0 Å². The van der Waals surface area contributed by atoms with E-state index in [4.69, 9.17) is 28.2 Å². The lowest BCUT2D eigenvalue weighted by atomic mass is 9.79. The molecule has 6 heterocycles. The smallest absolute Gasteiger partial charge is 0.226 e. The van der Waals surface area contributed by atoms with Crippen LogP contribution in [0.3, 0.4) is 0 Å². The molecule has 3 aliphatic carbocycles. The molecule has 6 fully saturated rings. The van der Waals surface area contributed by atoms with Crippen LogP contribution < -0.4 is 5.32 Å². The van der Waals surface area contributed by atoms with Crippen LogP contribution in [0.2, 0.25) is 10.0 Å². The molecule has 0 spiro atoms. The van der Waals surface area contributed by atoms with Crippen LogP contribution in [0.4, 0.5) is 4.39 Å². The molecular weight excluding hydrogens is 722 g/mol. The highest BCUT2D eigenvalue weighted by atomic mass is 35.5. The number of carbonyl (C=O) groups excluding carboxylic acids is 1. The number of halogens is 3. The maximum atomic E-state index is 17.7. The number of nitriles is 1. The van der Waals surface area contributed by atoms with Gasteiger partial charge in [0.05, 0.1) is 45.1 Å². The Morgan fingerprint density at radius 1 is 1.09 bits per heavy atom. The van der Waals surface area contributed by atoms with Gasteiger partial charge in [-0.1, -0.05) is 35.3 Å². The Kier molecular flexibility index (Phi) is 7.95. The van der Waals surface area contributed by atoms with Crippen molar-refractivity contribution < 1.29 is 14.3 Å². The van der Waals surface area contributed by atoms with Crippen LogP contribution in [0.1, 0.15) is 87.8 Å². The van der Waals surface area contributed by atoms with Gasteiger partial charge in [-0.05, 0) is 107 Å². The number of amides is 1. The molecule has 276 valence electrons. The molecule has 3 saturated heterocycles. The summed E-state index contributed by atoms with van der Waals surface area (Å²) < 4.78 is 20.2. The Morgan fingerprint density at radius 2 is 1.93 bits per heavy atom. The predicted octanol–water partition coefficient (Wildman–Crippen LogP) is 9.04. The van der Waals surface area contributed by atoms with E-state index in [-0.39, 0.29) is 58.5 Å². The summed E-state index contributed by atoms with van der Waals surface area (Å²) >= 11 is 13.3. The second kappa shape index (κ2) is 12.5. The number of rotatable bonds is 8. The van der Waals surface area contributed by atoms with Gasteiger partial charge in [-0.2, -0.15) is 5.26 Å². The number of hydrogen-bond acceptors (Lipinski definition) is 6. The molecule has 5 unspecified atom stereocenters. The van der Waals surface area contributed by atoms with Gasteiger partial charge in [-0.25, -0.2) is 9.37 Å². The fraction of sp³-hybridized carbons (Fsp3) is 0.442. The van der Waals surface area contributed by atoms with E-state index in [0.717, 1.165) is 61.7 Å². The van der Waals surface area contributed by atoms with Gasteiger partial charge in [-0.3, -0.25) is 9.78 Å². The van der Waals surface area contributed by atoms with Gasteiger partial charge in [0.2, 0.25) is 5.91 Å². The number of benzene rings is 2. The maximum Gasteiger partial charge on any atom is 0.226 e. The molecule has 8 nitrogen and oxygen atoms in total. The molecule has 2 N–H and O–H groups in total. The summed E-state index contributed by atoms with van der Waals surface area (Å²) in [6, 6.07) is 15.9. The maximum absolute atomic E-state index is 17.7. The van der Waals surface area contributed by atoms with Crippen molar-refractivity contribution in [1.82, 2.24) is 24.8 Å². The third-order valence-electron chi connectivity index (χ3n) is 13.0. The van der Waals surface area contributed by atoms with Crippen molar-refractivity contribution >= 4 is 50.9 Å².